The number of nitrogens with one attached hydrogen (secondary N) is 2. The van der Waals surface area contributed by atoms with Crippen LogP contribution in [0, 0.1) is 0 Å². The molecule has 0 saturated carbocycles. The lowest BCUT2D eigenvalue weighted by atomic mass is 10.1. The minimum Gasteiger partial charge on any atom is -0.452 e. The number of esters is 1. The second-order valence-electron chi connectivity index (χ2n) is 6.11. The SMILES string of the molecule is CC(C)NC(=O)NC(=O)[C@@H](C)OC(=O)Cc1ccc2ccccc2c1. The van der Waals surface area contributed by atoms with Gasteiger partial charge in [0.15, 0.2) is 6.10 Å². The van der Waals surface area contributed by atoms with Gasteiger partial charge in [-0.25, -0.2) is 4.79 Å². The molecule has 2 aromatic carbocycles. The van der Waals surface area contributed by atoms with Crippen molar-refractivity contribution in [2.75, 3.05) is 0 Å². The quantitative estimate of drug-likeness (QED) is 0.818. The summed E-state index contributed by atoms with van der Waals surface area (Å²) in [5.41, 5.74) is 0.800. The summed E-state index contributed by atoms with van der Waals surface area (Å²) in [7, 11) is 0. The van der Waals surface area contributed by atoms with E-state index in [0.29, 0.717) is 0 Å². The molecule has 0 saturated heterocycles. The van der Waals surface area contributed by atoms with Gasteiger partial charge in [-0.05, 0) is 37.1 Å². The van der Waals surface area contributed by atoms with Crippen LogP contribution in [-0.2, 0) is 20.7 Å². The fraction of sp³-hybridized carbons (Fsp3) is 0.316. The summed E-state index contributed by atoms with van der Waals surface area (Å²) in [6.45, 7) is 4.98. The average molecular weight is 342 g/mol. The highest BCUT2D eigenvalue weighted by Crippen LogP contribution is 2.16. The fourth-order valence-electron chi connectivity index (χ4n) is 2.32. The number of ether oxygens (including phenoxy) is 1. The molecular formula is C19H22N2O4. The molecule has 3 amide bonds. The van der Waals surface area contributed by atoms with Gasteiger partial charge in [-0.3, -0.25) is 14.9 Å². The summed E-state index contributed by atoms with van der Waals surface area (Å²) in [5.74, 6) is -1.19. The highest BCUT2D eigenvalue weighted by Gasteiger charge is 2.20. The third kappa shape index (κ3) is 5.60. The van der Waals surface area contributed by atoms with Crippen LogP contribution in [-0.4, -0.2) is 30.1 Å². The Kier molecular flexibility index (Phi) is 6.11. The Morgan fingerprint density at radius 3 is 2.36 bits per heavy atom. The normalized spacial score (nSPS) is 11.8. The van der Waals surface area contributed by atoms with Crippen molar-refractivity contribution in [3.05, 3.63) is 48.0 Å². The van der Waals surface area contributed by atoms with Gasteiger partial charge >= 0.3 is 12.0 Å². The number of imide groups is 1. The Balaban J connectivity index is 1.89. The smallest absolute Gasteiger partial charge is 0.321 e. The molecule has 6 heteroatoms. The van der Waals surface area contributed by atoms with E-state index in [-0.39, 0.29) is 12.5 Å². The van der Waals surface area contributed by atoms with Crippen LogP contribution in [0.1, 0.15) is 26.3 Å². The van der Waals surface area contributed by atoms with Crippen LogP contribution in [0.3, 0.4) is 0 Å². The zero-order valence-electron chi connectivity index (χ0n) is 14.5. The fourth-order valence-corrected chi connectivity index (χ4v) is 2.32. The van der Waals surface area contributed by atoms with Gasteiger partial charge in [0.05, 0.1) is 6.42 Å². The number of carbonyl (C=O) groups excluding carboxylic acids is 3. The van der Waals surface area contributed by atoms with Crippen molar-refractivity contribution in [3.8, 4) is 0 Å². The average Bonchev–Trinajstić information content (AvgIpc) is 2.53. The Morgan fingerprint density at radius 1 is 1.00 bits per heavy atom. The van der Waals surface area contributed by atoms with E-state index in [4.69, 9.17) is 4.74 Å². The van der Waals surface area contributed by atoms with Gasteiger partial charge in [0, 0.05) is 6.04 Å². The van der Waals surface area contributed by atoms with Crippen molar-refractivity contribution in [1.29, 1.82) is 0 Å². The molecule has 0 unspecified atom stereocenters. The van der Waals surface area contributed by atoms with Crippen molar-refractivity contribution in [3.63, 3.8) is 0 Å². The van der Waals surface area contributed by atoms with Crippen LogP contribution in [0.4, 0.5) is 4.79 Å². The molecule has 0 heterocycles. The maximum Gasteiger partial charge on any atom is 0.321 e. The predicted molar refractivity (Wildman–Crippen MR) is 95.0 cm³/mol. The second-order valence-corrected chi connectivity index (χ2v) is 6.11. The molecule has 2 rings (SSSR count). The third-order valence-corrected chi connectivity index (χ3v) is 3.50. The topological polar surface area (TPSA) is 84.5 Å². The van der Waals surface area contributed by atoms with Crippen molar-refractivity contribution in [2.24, 2.45) is 0 Å². The summed E-state index contributed by atoms with van der Waals surface area (Å²) in [4.78, 5) is 35.4. The zero-order valence-corrected chi connectivity index (χ0v) is 14.5. The van der Waals surface area contributed by atoms with Crippen LogP contribution in [0.5, 0.6) is 0 Å². The molecule has 132 valence electrons. The van der Waals surface area contributed by atoms with E-state index in [1.54, 1.807) is 13.8 Å². The Bertz CT molecular complexity index is 786. The van der Waals surface area contributed by atoms with E-state index in [9.17, 15) is 14.4 Å². The molecule has 1 atom stereocenters. The van der Waals surface area contributed by atoms with Gasteiger partial charge in [-0.15, -0.1) is 0 Å². The molecule has 0 bridgehead atoms. The molecule has 2 aromatic rings. The van der Waals surface area contributed by atoms with E-state index in [2.05, 4.69) is 10.6 Å². The van der Waals surface area contributed by atoms with Gasteiger partial charge in [0.1, 0.15) is 0 Å². The first kappa shape index (κ1) is 18.4. The third-order valence-electron chi connectivity index (χ3n) is 3.50. The van der Waals surface area contributed by atoms with Crippen LogP contribution >= 0.6 is 0 Å². The highest BCUT2D eigenvalue weighted by atomic mass is 16.5. The van der Waals surface area contributed by atoms with Crippen molar-refractivity contribution < 1.29 is 19.1 Å². The summed E-state index contributed by atoms with van der Waals surface area (Å²) in [5, 5.41) is 6.78. The van der Waals surface area contributed by atoms with Crippen molar-refractivity contribution >= 4 is 28.7 Å². The lowest BCUT2D eigenvalue weighted by molar-refractivity contribution is -0.153. The van der Waals surface area contributed by atoms with Gasteiger partial charge < -0.3 is 10.1 Å². The first-order valence-electron chi connectivity index (χ1n) is 8.13. The van der Waals surface area contributed by atoms with Crippen LogP contribution < -0.4 is 10.6 Å². The number of hydrogen-bond donors (Lipinski definition) is 2. The number of benzene rings is 2. The highest BCUT2D eigenvalue weighted by molar-refractivity contribution is 5.97. The van der Waals surface area contributed by atoms with Gasteiger partial charge in [0.2, 0.25) is 0 Å². The molecular weight excluding hydrogens is 320 g/mol. The molecule has 6 nitrogen and oxygen atoms in total. The van der Waals surface area contributed by atoms with E-state index >= 15 is 0 Å². The summed E-state index contributed by atoms with van der Waals surface area (Å²) in [6, 6.07) is 12.8. The monoisotopic (exact) mass is 342 g/mol. The molecule has 0 aromatic heterocycles. The van der Waals surface area contributed by atoms with E-state index in [0.717, 1.165) is 16.3 Å². The van der Waals surface area contributed by atoms with E-state index in [1.165, 1.54) is 6.92 Å². The minimum absolute atomic E-state index is 0.0562. The van der Waals surface area contributed by atoms with Crippen LogP contribution in [0.2, 0.25) is 0 Å². The number of carbonyl (C=O) groups is 3. The number of fused-ring (bicyclic) bond motifs is 1. The predicted octanol–water partition coefficient (Wildman–Crippen LogP) is 2.55. The Hall–Kier alpha value is -2.89. The molecule has 0 aliphatic rings. The number of urea groups is 1. The number of hydrogen-bond acceptors (Lipinski definition) is 4. The number of amides is 3. The molecule has 25 heavy (non-hydrogen) atoms. The van der Waals surface area contributed by atoms with Gasteiger partial charge in [0.25, 0.3) is 5.91 Å². The van der Waals surface area contributed by atoms with Crippen LogP contribution in [0.25, 0.3) is 10.8 Å². The molecule has 0 aliphatic heterocycles. The molecule has 0 spiro atoms. The first-order chi connectivity index (χ1) is 11.8. The lowest BCUT2D eigenvalue weighted by Gasteiger charge is -2.14. The minimum atomic E-state index is -1.05. The Morgan fingerprint density at radius 2 is 1.68 bits per heavy atom. The lowest BCUT2D eigenvalue weighted by Crippen LogP contribution is -2.46. The number of rotatable bonds is 5. The largest absolute Gasteiger partial charge is 0.452 e. The summed E-state index contributed by atoms with van der Waals surface area (Å²) >= 11 is 0. The van der Waals surface area contributed by atoms with E-state index in [1.807, 2.05) is 42.5 Å². The zero-order chi connectivity index (χ0) is 18.4. The molecule has 0 radical (unpaired) electrons. The summed E-state index contributed by atoms with van der Waals surface area (Å²) < 4.78 is 5.10. The van der Waals surface area contributed by atoms with Crippen LogP contribution in [0.15, 0.2) is 42.5 Å². The summed E-state index contributed by atoms with van der Waals surface area (Å²) in [6.07, 6.45) is -0.994. The first-order valence-corrected chi connectivity index (χ1v) is 8.13. The maximum atomic E-state index is 12.0. The van der Waals surface area contributed by atoms with Crippen molar-refractivity contribution in [1.82, 2.24) is 10.6 Å². The standard InChI is InChI=1S/C19H22N2O4/c1-12(2)20-19(24)21-18(23)13(3)25-17(22)11-14-8-9-15-6-4-5-7-16(15)10-14/h4-10,12-13H,11H2,1-3H3,(H2,20,21,23,24)/t13-/m1/s1. The van der Waals surface area contributed by atoms with Gasteiger partial charge in [-0.1, -0.05) is 42.5 Å². The van der Waals surface area contributed by atoms with E-state index < -0.39 is 24.0 Å². The maximum absolute atomic E-state index is 12.0. The molecule has 2 N–H and O–H groups in total. The van der Waals surface area contributed by atoms with Gasteiger partial charge in [-0.2, -0.15) is 0 Å². The second kappa shape index (κ2) is 8.28. The Labute approximate surface area is 146 Å². The molecule has 0 fully saturated rings. The molecule has 0 aliphatic carbocycles. The van der Waals surface area contributed by atoms with Crippen molar-refractivity contribution in [2.45, 2.75) is 39.3 Å².